The van der Waals surface area contributed by atoms with E-state index in [4.69, 9.17) is 9.47 Å². The van der Waals surface area contributed by atoms with E-state index in [1.165, 1.54) is 14.2 Å². The Balaban J connectivity index is 2.27. The van der Waals surface area contributed by atoms with Crippen LogP contribution in [-0.4, -0.2) is 35.6 Å². The fraction of sp³-hybridized carbons (Fsp3) is 0.429. The number of rotatable bonds is 2. The molecule has 0 fully saturated rings. The van der Waals surface area contributed by atoms with E-state index in [0.717, 1.165) is 30.4 Å². The number of methoxy groups -OCH3 is 2. The predicted molar refractivity (Wildman–Crippen MR) is 108 cm³/mol. The van der Waals surface area contributed by atoms with Crippen LogP contribution >= 0.6 is 15.9 Å². The largest absolute Gasteiger partial charge is 0.506 e. The van der Waals surface area contributed by atoms with E-state index in [9.17, 15) is 15.3 Å². The number of aromatic hydroxyl groups is 2. The van der Waals surface area contributed by atoms with E-state index in [1.54, 1.807) is 0 Å². The zero-order valence-electron chi connectivity index (χ0n) is 15.6. The zero-order valence-corrected chi connectivity index (χ0v) is 17.2. The minimum Gasteiger partial charge on any atom is -0.506 e. The van der Waals surface area contributed by atoms with Gasteiger partial charge in [-0.25, -0.2) is 0 Å². The number of fused-ring (bicyclic) bond motifs is 5. The molecule has 6 heteroatoms. The van der Waals surface area contributed by atoms with Gasteiger partial charge in [-0.15, -0.1) is 0 Å². The van der Waals surface area contributed by atoms with Crippen molar-refractivity contribution in [1.29, 1.82) is 0 Å². The lowest BCUT2D eigenvalue weighted by Crippen LogP contribution is -2.08. The van der Waals surface area contributed by atoms with E-state index in [2.05, 4.69) is 15.9 Å². The number of aliphatic hydroxyl groups excluding tert-OH is 1. The first-order valence-corrected chi connectivity index (χ1v) is 9.92. The number of hydrogen-bond acceptors (Lipinski definition) is 5. The molecule has 0 aromatic heterocycles. The van der Waals surface area contributed by atoms with Crippen LogP contribution in [0.15, 0.2) is 22.7 Å². The van der Waals surface area contributed by atoms with E-state index in [0.29, 0.717) is 40.6 Å². The van der Waals surface area contributed by atoms with Crippen LogP contribution in [0.4, 0.5) is 0 Å². The van der Waals surface area contributed by atoms with Crippen LogP contribution in [0.2, 0.25) is 0 Å². The Hall–Kier alpha value is -1.92. The molecule has 0 amide bonds. The maximum Gasteiger partial charge on any atom is 0.203 e. The zero-order chi connectivity index (χ0) is 19.6. The Morgan fingerprint density at radius 3 is 2.33 bits per heavy atom. The second-order valence-electron chi connectivity index (χ2n) is 6.91. The van der Waals surface area contributed by atoms with Gasteiger partial charge in [0.05, 0.1) is 24.8 Å². The summed E-state index contributed by atoms with van der Waals surface area (Å²) in [5.41, 5.74) is 3.01. The molecular weight excluding hydrogens is 412 g/mol. The monoisotopic (exact) mass is 436 g/mol. The normalized spacial score (nSPS) is 17.4. The minimum atomic E-state index is -0.359. The molecule has 0 saturated heterocycles. The molecule has 5 nitrogen and oxygen atoms in total. The van der Waals surface area contributed by atoms with Gasteiger partial charge in [-0.3, -0.25) is 0 Å². The Morgan fingerprint density at radius 1 is 0.889 bits per heavy atom. The molecule has 3 N–H and O–H groups in total. The van der Waals surface area contributed by atoms with Crippen molar-refractivity contribution in [3.05, 3.63) is 33.8 Å². The van der Waals surface area contributed by atoms with Crippen LogP contribution in [-0.2, 0) is 12.8 Å². The first kappa shape index (κ1) is 19.8. The molecule has 2 aromatic carbocycles. The van der Waals surface area contributed by atoms with Gasteiger partial charge in [0, 0.05) is 11.1 Å². The third-order valence-electron chi connectivity index (χ3n) is 5.11. The summed E-state index contributed by atoms with van der Waals surface area (Å²) in [4.78, 5) is 0. The molecule has 0 heterocycles. The third kappa shape index (κ3) is 4.01. The lowest BCUT2D eigenvalue weighted by atomic mass is 9.95. The Bertz CT molecular complexity index is 834. The quantitative estimate of drug-likeness (QED) is 0.642. The summed E-state index contributed by atoms with van der Waals surface area (Å²) >= 11 is 3.43. The van der Waals surface area contributed by atoms with Crippen molar-refractivity contribution < 1.29 is 24.8 Å². The molecule has 0 radical (unpaired) electrons. The number of phenolic OH excluding ortho intramolecular Hbond substituents is 2. The van der Waals surface area contributed by atoms with Crippen molar-refractivity contribution in [3.8, 4) is 34.1 Å². The first-order chi connectivity index (χ1) is 13.0. The number of phenols is 2. The highest BCUT2D eigenvalue weighted by Crippen LogP contribution is 2.49. The minimum absolute atomic E-state index is 0.0585. The summed E-state index contributed by atoms with van der Waals surface area (Å²) in [6.07, 6.45) is 4.10. The highest BCUT2D eigenvalue weighted by Gasteiger charge is 2.23. The Labute approximate surface area is 167 Å². The molecule has 4 bridgehead atoms. The van der Waals surface area contributed by atoms with Crippen LogP contribution in [0.1, 0.15) is 36.8 Å². The van der Waals surface area contributed by atoms with Gasteiger partial charge in [0.1, 0.15) is 5.75 Å². The van der Waals surface area contributed by atoms with Crippen molar-refractivity contribution in [3.63, 3.8) is 0 Å². The fourth-order valence-electron chi connectivity index (χ4n) is 3.64. The maximum absolute atomic E-state index is 10.7. The Kier molecular flexibility index (Phi) is 6.17. The van der Waals surface area contributed by atoms with Gasteiger partial charge < -0.3 is 24.8 Å². The Morgan fingerprint density at radius 2 is 1.63 bits per heavy atom. The van der Waals surface area contributed by atoms with E-state index in [1.807, 2.05) is 18.2 Å². The van der Waals surface area contributed by atoms with E-state index < -0.39 is 0 Å². The molecule has 1 atom stereocenters. The summed E-state index contributed by atoms with van der Waals surface area (Å²) in [5.74, 6) is 0.809. The first-order valence-electron chi connectivity index (χ1n) is 9.12. The molecule has 2 aromatic rings. The second kappa shape index (κ2) is 8.40. The van der Waals surface area contributed by atoms with Crippen LogP contribution in [0.3, 0.4) is 0 Å². The average Bonchev–Trinajstić information content (AvgIpc) is 2.66. The van der Waals surface area contributed by atoms with Crippen molar-refractivity contribution in [2.45, 2.75) is 44.6 Å². The lowest BCUT2D eigenvalue weighted by Gasteiger charge is -2.19. The van der Waals surface area contributed by atoms with Gasteiger partial charge in [-0.1, -0.05) is 6.42 Å². The number of ether oxygens (including phenoxy) is 2. The molecule has 0 saturated carbocycles. The van der Waals surface area contributed by atoms with Crippen molar-refractivity contribution in [2.75, 3.05) is 14.2 Å². The van der Waals surface area contributed by atoms with Crippen molar-refractivity contribution in [2.24, 2.45) is 0 Å². The highest BCUT2D eigenvalue weighted by atomic mass is 79.9. The molecule has 1 unspecified atom stereocenters. The average molecular weight is 437 g/mol. The summed E-state index contributed by atoms with van der Waals surface area (Å²) in [6, 6.07) is 5.63. The van der Waals surface area contributed by atoms with Gasteiger partial charge >= 0.3 is 0 Å². The van der Waals surface area contributed by atoms with Crippen molar-refractivity contribution >= 4 is 15.9 Å². The molecule has 0 spiro atoms. The van der Waals surface area contributed by atoms with Gasteiger partial charge in [0.15, 0.2) is 11.5 Å². The SMILES string of the molecule is COc1c2cc(c(O)c1OC)CCCCC(O)CCc1cc(Br)c(O)c-2c1. The molecule has 1 aliphatic carbocycles. The second-order valence-corrected chi connectivity index (χ2v) is 7.76. The van der Waals surface area contributed by atoms with Crippen LogP contribution in [0.25, 0.3) is 11.1 Å². The topological polar surface area (TPSA) is 79.2 Å². The van der Waals surface area contributed by atoms with Crippen LogP contribution in [0, 0.1) is 0 Å². The molecule has 27 heavy (non-hydrogen) atoms. The lowest BCUT2D eigenvalue weighted by molar-refractivity contribution is 0.151. The molecule has 3 rings (SSSR count). The highest BCUT2D eigenvalue weighted by molar-refractivity contribution is 9.10. The molecule has 0 aliphatic heterocycles. The number of hydrogen-bond donors (Lipinski definition) is 3. The van der Waals surface area contributed by atoms with Gasteiger partial charge in [0.25, 0.3) is 0 Å². The standard InChI is InChI=1S/C21H25BrO5/c1-26-20-16-11-13(18(24)21(20)27-2)5-3-4-6-14(23)8-7-12-9-15(16)19(25)17(22)10-12/h9-11,14,23-25H,3-8H2,1-2H3. The third-order valence-corrected chi connectivity index (χ3v) is 5.71. The summed E-state index contributed by atoms with van der Waals surface area (Å²) in [6.45, 7) is 0. The number of halogens is 1. The number of aliphatic hydroxyl groups is 1. The summed E-state index contributed by atoms with van der Waals surface area (Å²) in [7, 11) is 3.00. The summed E-state index contributed by atoms with van der Waals surface area (Å²) < 4.78 is 11.5. The van der Waals surface area contributed by atoms with E-state index >= 15 is 0 Å². The number of aryl methyl sites for hydroxylation is 2. The number of benzene rings is 2. The van der Waals surface area contributed by atoms with Crippen molar-refractivity contribution in [1.82, 2.24) is 0 Å². The van der Waals surface area contributed by atoms with E-state index in [-0.39, 0.29) is 23.4 Å². The molecular formula is C21H25BrO5. The molecule has 1 aliphatic rings. The van der Waals surface area contributed by atoms with Crippen LogP contribution < -0.4 is 9.47 Å². The predicted octanol–water partition coefficient (Wildman–Crippen LogP) is 4.56. The maximum atomic E-state index is 10.7. The molecule has 146 valence electrons. The van der Waals surface area contributed by atoms with Gasteiger partial charge in [0.2, 0.25) is 5.75 Å². The van der Waals surface area contributed by atoms with Crippen LogP contribution in [0.5, 0.6) is 23.0 Å². The van der Waals surface area contributed by atoms with Gasteiger partial charge in [-0.2, -0.15) is 0 Å². The fourth-order valence-corrected chi connectivity index (χ4v) is 4.15. The summed E-state index contributed by atoms with van der Waals surface area (Å²) in [5, 5.41) is 31.6. The van der Waals surface area contributed by atoms with Gasteiger partial charge in [-0.05, 0) is 77.4 Å². The smallest absolute Gasteiger partial charge is 0.203 e.